The molecule has 16 heavy (non-hydrogen) atoms. The number of hydrogen-bond donors (Lipinski definition) is 1. The van der Waals surface area contributed by atoms with Crippen LogP contribution in [-0.2, 0) is 13.1 Å². The van der Waals surface area contributed by atoms with E-state index >= 15 is 0 Å². The Morgan fingerprint density at radius 1 is 1.19 bits per heavy atom. The first-order valence-electron chi connectivity index (χ1n) is 5.15. The van der Waals surface area contributed by atoms with Gasteiger partial charge in [-0.15, -0.1) is 0 Å². The molecule has 0 unspecified atom stereocenters. The fourth-order valence-corrected chi connectivity index (χ4v) is 1.90. The molecule has 2 N–H and O–H groups in total. The van der Waals surface area contributed by atoms with Gasteiger partial charge in [-0.1, -0.05) is 0 Å². The van der Waals surface area contributed by atoms with Gasteiger partial charge >= 0.3 is 0 Å². The van der Waals surface area contributed by atoms with E-state index in [0.29, 0.717) is 5.82 Å². The van der Waals surface area contributed by atoms with E-state index in [1.54, 1.807) is 6.07 Å². The quantitative estimate of drug-likeness (QED) is 0.741. The van der Waals surface area contributed by atoms with Crippen LogP contribution in [-0.4, -0.2) is 26.1 Å². The summed E-state index contributed by atoms with van der Waals surface area (Å²) in [6, 6.07) is 1.79. The SMILES string of the molecule is Nc1cc(N2CCn3ccnc3C2)ncn1. The van der Waals surface area contributed by atoms with Gasteiger partial charge in [0.05, 0.1) is 6.54 Å². The van der Waals surface area contributed by atoms with Crippen LogP contribution in [0, 0.1) is 0 Å². The van der Waals surface area contributed by atoms with Crippen LogP contribution in [0.2, 0.25) is 0 Å². The minimum atomic E-state index is 0.499. The van der Waals surface area contributed by atoms with Gasteiger partial charge in [-0.05, 0) is 0 Å². The van der Waals surface area contributed by atoms with Crippen LogP contribution in [0.4, 0.5) is 11.6 Å². The van der Waals surface area contributed by atoms with Crippen molar-refractivity contribution < 1.29 is 0 Å². The van der Waals surface area contributed by atoms with E-state index in [0.717, 1.165) is 31.3 Å². The third kappa shape index (κ3) is 1.48. The lowest BCUT2D eigenvalue weighted by Gasteiger charge is -2.28. The maximum Gasteiger partial charge on any atom is 0.134 e. The summed E-state index contributed by atoms with van der Waals surface area (Å²) in [4.78, 5) is 14.6. The van der Waals surface area contributed by atoms with Gasteiger partial charge < -0.3 is 15.2 Å². The van der Waals surface area contributed by atoms with Crippen molar-refractivity contribution in [2.24, 2.45) is 0 Å². The molecule has 2 aromatic rings. The minimum Gasteiger partial charge on any atom is -0.384 e. The Kier molecular flexibility index (Phi) is 1.99. The van der Waals surface area contributed by atoms with Crippen LogP contribution < -0.4 is 10.6 Å². The molecule has 82 valence electrons. The fourth-order valence-electron chi connectivity index (χ4n) is 1.90. The Balaban J connectivity index is 1.88. The van der Waals surface area contributed by atoms with Crippen LogP contribution in [0.5, 0.6) is 0 Å². The molecule has 0 atom stereocenters. The smallest absolute Gasteiger partial charge is 0.134 e. The molecule has 0 aromatic carbocycles. The van der Waals surface area contributed by atoms with Gasteiger partial charge in [0.2, 0.25) is 0 Å². The van der Waals surface area contributed by atoms with E-state index in [9.17, 15) is 0 Å². The van der Waals surface area contributed by atoms with Gasteiger partial charge in [0.1, 0.15) is 23.8 Å². The monoisotopic (exact) mass is 216 g/mol. The fraction of sp³-hybridized carbons (Fsp3) is 0.300. The second-order valence-corrected chi connectivity index (χ2v) is 3.76. The van der Waals surface area contributed by atoms with Crippen molar-refractivity contribution in [1.82, 2.24) is 19.5 Å². The third-order valence-electron chi connectivity index (χ3n) is 2.74. The lowest BCUT2D eigenvalue weighted by atomic mass is 10.3. The van der Waals surface area contributed by atoms with Crippen molar-refractivity contribution in [2.45, 2.75) is 13.1 Å². The van der Waals surface area contributed by atoms with E-state index < -0.39 is 0 Å². The summed E-state index contributed by atoms with van der Waals surface area (Å²) in [7, 11) is 0. The molecule has 6 heteroatoms. The summed E-state index contributed by atoms with van der Waals surface area (Å²) in [6.07, 6.45) is 5.32. The first-order valence-corrected chi connectivity index (χ1v) is 5.15. The highest BCUT2D eigenvalue weighted by Gasteiger charge is 2.17. The number of nitrogens with two attached hydrogens (primary N) is 1. The summed E-state index contributed by atoms with van der Waals surface area (Å²) in [6.45, 7) is 2.61. The maximum atomic E-state index is 5.64. The van der Waals surface area contributed by atoms with Crippen molar-refractivity contribution in [2.75, 3.05) is 17.2 Å². The molecule has 0 fully saturated rings. The van der Waals surface area contributed by atoms with Crippen molar-refractivity contribution >= 4 is 11.6 Å². The van der Waals surface area contributed by atoms with E-state index in [-0.39, 0.29) is 0 Å². The Morgan fingerprint density at radius 3 is 3.00 bits per heavy atom. The van der Waals surface area contributed by atoms with E-state index in [1.807, 2.05) is 12.4 Å². The summed E-state index contributed by atoms with van der Waals surface area (Å²) in [5, 5.41) is 0. The summed E-state index contributed by atoms with van der Waals surface area (Å²) in [5.74, 6) is 2.42. The molecule has 0 aliphatic carbocycles. The highest BCUT2D eigenvalue weighted by molar-refractivity contribution is 5.46. The van der Waals surface area contributed by atoms with Crippen LogP contribution in [0.25, 0.3) is 0 Å². The molecule has 1 aliphatic rings. The molecule has 1 aliphatic heterocycles. The number of nitrogens with zero attached hydrogens (tertiary/aromatic N) is 5. The zero-order valence-corrected chi connectivity index (χ0v) is 8.74. The van der Waals surface area contributed by atoms with Crippen LogP contribution >= 0.6 is 0 Å². The second kappa shape index (κ2) is 3.48. The molecule has 0 saturated heterocycles. The first kappa shape index (κ1) is 9.14. The average molecular weight is 216 g/mol. The van der Waals surface area contributed by atoms with Crippen molar-refractivity contribution in [3.63, 3.8) is 0 Å². The summed E-state index contributed by atoms with van der Waals surface area (Å²) in [5.41, 5.74) is 5.64. The number of imidazole rings is 1. The molecular weight excluding hydrogens is 204 g/mol. The number of nitrogen functional groups attached to an aromatic ring is 1. The molecule has 0 amide bonds. The standard InChI is InChI=1S/C10H12N6/c11-8-5-9(14-7-13-8)16-4-3-15-2-1-12-10(15)6-16/h1-2,5,7H,3-4,6H2,(H2,11,13,14). The Morgan fingerprint density at radius 2 is 2.12 bits per heavy atom. The Bertz CT molecular complexity index is 506. The zero-order valence-electron chi connectivity index (χ0n) is 8.74. The lowest BCUT2D eigenvalue weighted by Crippen LogP contribution is -2.34. The molecule has 3 rings (SSSR count). The lowest BCUT2D eigenvalue weighted by molar-refractivity contribution is 0.556. The molecule has 0 bridgehead atoms. The predicted octanol–water partition coefficient (Wildman–Crippen LogP) is 0.275. The number of anilines is 2. The summed E-state index contributed by atoms with van der Waals surface area (Å²) >= 11 is 0. The van der Waals surface area contributed by atoms with E-state index in [1.165, 1.54) is 6.33 Å². The topological polar surface area (TPSA) is 72.9 Å². The van der Waals surface area contributed by atoms with Crippen molar-refractivity contribution in [3.8, 4) is 0 Å². The van der Waals surface area contributed by atoms with Gasteiger partial charge in [-0.2, -0.15) is 0 Å². The molecule has 2 aromatic heterocycles. The van der Waals surface area contributed by atoms with Gasteiger partial charge in [-0.3, -0.25) is 0 Å². The number of rotatable bonds is 1. The van der Waals surface area contributed by atoms with Crippen LogP contribution in [0.15, 0.2) is 24.8 Å². The predicted molar refractivity (Wildman–Crippen MR) is 59.7 cm³/mol. The average Bonchev–Trinajstić information content (AvgIpc) is 2.75. The van der Waals surface area contributed by atoms with Crippen molar-refractivity contribution in [1.29, 1.82) is 0 Å². The van der Waals surface area contributed by atoms with Gasteiger partial charge in [0, 0.05) is 31.5 Å². The van der Waals surface area contributed by atoms with Gasteiger partial charge in [-0.25, -0.2) is 15.0 Å². The molecule has 0 saturated carbocycles. The first-order chi connectivity index (χ1) is 7.83. The normalized spacial score (nSPS) is 14.9. The van der Waals surface area contributed by atoms with Crippen molar-refractivity contribution in [3.05, 3.63) is 30.6 Å². The molecule has 3 heterocycles. The highest BCUT2D eigenvalue weighted by Crippen LogP contribution is 2.18. The number of aromatic nitrogens is 4. The minimum absolute atomic E-state index is 0.499. The third-order valence-corrected chi connectivity index (χ3v) is 2.74. The molecular formula is C10H12N6. The van der Waals surface area contributed by atoms with E-state index in [4.69, 9.17) is 5.73 Å². The number of hydrogen-bond acceptors (Lipinski definition) is 5. The van der Waals surface area contributed by atoms with Crippen LogP contribution in [0.3, 0.4) is 0 Å². The second-order valence-electron chi connectivity index (χ2n) is 3.76. The highest BCUT2D eigenvalue weighted by atomic mass is 15.3. The Hall–Kier alpha value is -2.11. The molecule has 0 spiro atoms. The summed E-state index contributed by atoms with van der Waals surface area (Å²) < 4.78 is 2.15. The number of fused-ring (bicyclic) bond motifs is 1. The van der Waals surface area contributed by atoms with Gasteiger partial charge in [0.25, 0.3) is 0 Å². The molecule has 6 nitrogen and oxygen atoms in total. The largest absolute Gasteiger partial charge is 0.384 e. The van der Waals surface area contributed by atoms with E-state index in [2.05, 4.69) is 24.4 Å². The van der Waals surface area contributed by atoms with Crippen LogP contribution in [0.1, 0.15) is 5.82 Å². The maximum absolute atomic E-state index is 5.64. The Labute approximate surface area is 92.8 Å². The molecule has 0 radical (unpaired) electrons. The van der Waals surface area contributed by atoms with Gasteiger partial charge in [0.15, 0.2) is 0 Å². The zero-order chi connectivity index (χ0) is 11.0.